The van der Waals surface area contributed by atoms with Crippen molar-refractivity contribution >= 4 is 0 Å². The fourth-order valence-corrected chi connectivity index (χ4v) is 3.77. The summed E-state index contributed by atoms with van der Waals surface area (Å²) < 4.78 is 0. The number of hydrogen-bond acceptors (Lipinski definition) is 0. The maximum atomic E-state index is 2.28. The summed E-state index contributed by atoms with van der Waals surface area (Å²) in [5.74, 6) is 2.03. The lowest BCUT2D eigenvalue weighted by molar-refractivity contribution is 0.776. The number of rotatable bonds is 4. The van der Waals surface area contributed by atoms with Gasteiger partial charge in [0.2, 0.25) is 0 Å². The molecule has 3 aromatic rings. The lowest BCUT2D eigenvalue weighted by Crippen LogP contribution is -1.90. The Labute approximate surface area is 132 Å². The maximum absolute atomic E-state index is 2.28. The molecule has 1 aliphatic carbocycles. The first-order valence-corrected chi connectivity index (χ1v) is 8.07. The molecular formula is C22H20. The van der Waals surface area contributed by atoms with E-state index >= 15 is 0 Å². The fourth-order valence-electron chi connectivity index (χ4n) is 3.77. The van der Waals surface area contributed by atoms with Crippen molar-refractivity contribution in [2.24, 2.45) is 5.92 Å². The molecule has 2 atom stereocenters. The van der Waals surface area contributed by atoms with Gasteiger partial charge in [0.1, 0.15) is 0 Å². The van der Waals surface area contributed by atoms with Gasteiger partial charge in [-0.2, -0.15) is 0 Å². The van der Waals surface area contributed by atoms with Crippen molar-refractivity contribution in [1.82, 2.24) is 0 Å². The molecule has 0 heterocycles. The van der Waals surface area contributed by atoms with Crippen molar-refractivity contribution in [2.75, 3.05) is 0 Å². The summed E-state index contributed by atoms with van der Waals surface area (Å²) in [6.07, 6.45) is 1.17. The third-order valence-electron chi connectivity index (χ3n) is 4.85. The van der Waals surface area contributed by atoms with Gasteiger partial charge in [0.05, 0.1) is 0 Å². The van der Waals surface area contributed by atoms with Gasteiger partial charge in [-0.15, -0.1) is 0 Å². The Morgan fingerprint density at radius 3 is 1.36 bits per heavy atom. The maximum Gasteiger partial charge on any atom is -0.00525 e. The molecule has 0 amide bonds. The van der Waals surface area contributed by atoms with E-state index in [2.05, 4.69) is 91.0 Å². The molecule has 4 rings (SSSR count). The van der Waals surface area contributed by atoms with Crippen molar-refractivity contribution < 1.29 is 0 Å². The van der Waals surface area contributed by atoms with E-state index in [4.69, 9.17) is 0 Å². The van der Waals surface area contributed by atoms with Crippen molar-refractivity contribution in [3.8, 4) is 0 Å². The molecule has 1 aliphatic rings. The van der Waals surface area contributed by atoms with Crippen LogP contribution >= 0.6 is 0 Å². The minimum absolute atomic E-state index is 0.656. The standard InChI is InChI=1S/C22H20/c1-4-10-17(11-5-1)16-20-21(18-12-6-2-7-13-18)22(20)19-14-8-3-9-15-19/h1-15,20-22H,16H2. The Kier molecular flexibility index (Phi) is 3.52. The highest BCUT2D eigenvalue weighted by Gasteiger charge is 2.50. The van der Waals surface area contributed by atoms with Crippen LogP contribution < -0.4 is 0 Å². The van der Waals surface area contributed by atoms with Gasteiger partial charge in [-0.05, 0) is 40.9 Å². The van der Waals surface area contributed by atoms with Crippen LogP contribution in [0.15, 0.2) is 91.0 Å². The normalized spacial score (nSPS) is 23.2. The predicted molar refractivity (Wildman–Crippen MR) is 92.0 cm³/mol. The third kappa shape index (κ3) is 2.57. The van der Waals surface area contributed by atoms with Gasteiger partial charge in [-0.3, -0.25) is 0 Å². The van der Waals surface area contributed by atoms with Gasteiger partial charge in [0.15, 0.2) is 0 Å². The van der Waals surface area contributed by atoms with Crippen LogP contribution in [0.5, 0.6) is 0 Å². The highest BCUT2D eigenvalue weighted by atomic mass is 14.5. The summed E-state index contributed by atoms with van der Waals surface area (Å²) >= 11 is 0. The second kappa shape index (κ2) is 5.81. The first-order chi connectivity index (χ1) is 10.9. The van der Waals surface area contributed by atoms with Crippen molar-refractivity contribution in [2.45, 2.75) is 18.3 Å². The molecule has 0 aromatic heterocycles. The molecule has 108 valence electrons. The van der Waals surface area contributed by atoms with Crippen LogP contribution in [0, 0.1) is 5.92 Å². The van der Waals surface area contributed by atoms with Gasteiger partial charge in [-0.1, -0.05) is 91.0 Å². The first-order valence-electron chi connectivity index (χ1n) is 8.07. The zero-order chi connectivity index (χ0) is 14.8. The predicted octanol–water partition coefficient (Wildman–Crippen LogP) is 5.43. The SMILES string of the molecule is c1ccc(CC2C(c3ccccc3)C2c2ccccc2)cc1. The average molecular weight is 284 g/mol. The molecule has 3 aromatic carbocycles. The highest BCUT2D eigenvalue weighted by Crippen LogP contribution is 2.61. The fraction of sp³-hybridized carbons (Fsp3) is 0.182. The van der Waals surface area contributed by atoms with Crippen molar-refractivity contribution in [3.05, 3.63) is 108 Å². The van der Waals surface area contributed by atoms with Gasteiger partial charge in [0.25, 0.3) is 0 Å². The van der Waals surface area contributed by atoms with Crippen LogP contribution in [0.4, 0.5) is 0 Å². The van der Waals surface area contributed by atoms with E-state index in [0.29, 0.717) is 17.8 Å². The van der Waals surface area contributed by atoms with E-state index in [9.17, 15) is 0 Å². The summed E-state index contributed by atoms with van der Waals surface area (Å²) in [5.41, 5.74) is 4.42. The smallest absolute Gasteiger partial charge is 0.00525 e. The Balaban J connectivity index is 1.63. The molecule has 22 heavy (non-hydrogen) atoms. The van der Waals surface area contributed by atoms with Crippen LogP contribution in [0.3, 0.4) is 0 Å². The van der Waals surface area contributed by atoms with E-state index < -0.39 is 0 Å². The summed E-state index contributed by atoms with van der Waals surface area (Å²) in [6.45, 7) is 0. The lowest BCUT2D eigenvalue weighted by atomic mass is 10.0. The molecule has 1 fully saturated rings. The number of benzene rings is 3. The third-order valence-corrected chi connectivity index (χ3v) is 4.85. The van der Waals surface area contributed by atoms with E-state index in [1.54, 1.807) is 0 Å². The molecule has 0 aliphatic heterocycles. The van der Waals surface area contributed by atoms with Crippen LogP contribution in [-0.4, -0.2) is 0 Å². The molecule has 0 spiro atoms. The lowest BCUT2D eigenvalue weighted by Gasteiger charge is -2.01. The monoisotopic (exact) mass is 284 g/mol. The first kappa shape index (κ1) is 13.3. The quantitative estimate of drug-likeness (QED) is 0.599. The average Bonchev–Trinajstić information content (AvgIpc) is 3.31. The van der Waals surface area contributed by atoms with E-state index in [-0.39, 0.29) is 0 Å². The van der Waals surface area contributed by atoms with Gasteiger partial charge in [0, 0.05) is 0 Å². The molecule has 0 N–H and O–H groups in total. The highest BCUT2D eigenvalue weighted by molar-refractivity contribution is 5.40. The number of hydrogen-bond donors (Lipinski definition) is 0. The van der Waals surface area contributed by atoms with Crippen LogP contribution in [-0.2, 0) is 6.42 Å². The Hall–Kier alpha value is -2.34. The summed E-state index contributed by atoms with van der Waals surface area (Å²) in [6, 6.07) is 32.9. The Bertz CT molecular complexity index is 670. The zero-order valence-electron chi connectivity index (χ0n) is 12.6. The molecule has 0 saturated heterocycles. The van der Waals surface area contributed by atoms with Crippen molar-refractivity contribution in [3.63, 3.8) is 0 Å². The molecule has 2 unspecified atom stereocenters. The molecule has 0 nitrogen and oxygen atoms in total. The van der Waals surface area contributed by atoms with Crippen LogP contribution in [0.25, 0.3) is 0 Å². The second-order valence-electron chi connectivity index (χ2n) is 6.23. The largest absolute Gasteiger partial charge is 0.0622 e. The van der Waals surface area contributed by atoms with Gasteiger partial charge < -0.3 is 0 Å². The van der Waals surface area contributed by atoms with E-state index in [0.717, 1.165) is 0 Å². The van der Waals surface area contributed by atoms with Gasteiger partial charge >= 0.3 is 0 Å². The van der Waals surface area contributed by atoms with E-state index in [1.807, 2.05) is 0 Å². The van der Waals surface area contributed by atoms with Crippen LogP contribution in [0.1, 0.15) is 28.5 Å². The zero-order valence-corrected chi connectivity index (χ0v) is 12.6. The molecule has 0 bridgehead atoms. The molecular weight excluding hydrogens is 264 g/mol. The summed E-state index contributed by atoms with van der Waals surface area (Å²) in [5, 5.41) is 0. The second-order valence-corrected chi connectivity index (χ2v) is 6.23. The topological polar surface area (TPSA) is 0 Å². The van der Waals surface area contributed by atoms with Crippen molar-refractivity contribution in [1.29, 1.82) is 0 Å². The molecule has 0 heteroatoms. The van der Waals surface area contributed by atoms with Gasteiger partial charge in [-0.25, -0.2) is 0 Å². The minimum atomic E-state index is 0.656. The van der Waals surface area contributed by atoms with Crippen LogP contribution in [0.2, 0.25) is 0 Å². The molecule has 1 saturated carbocycles. The van der Waals surface area contributed by atoms with E-state index in [1.165, 1.54) is 23.1 Å². The Morgan fingerprint density at radius 2 is 0.909 bits per heavy atom. The summed E-state index contributed by atoms with van der Waals surface area (Å²) in [7, 11) is 0. The summed E-state index contributed by atoms with van der Waals surface area (Å²) in [4.78, 5) is 0. The minimum Gasteiger partial charge on any atom is -0.0622 e. The molecule has 0 radical (unpaired) electrons. The Morgan fingerprint density at radius 1 is 0.500 bits per heavy atom.